The second kappa shape index (κ2) is 10.1. The SMILES string of the molecule is Cc1cc(Nc2ncc(F)c(NC3C4C=CC(C4)C3C(N)O)n2)ccc1N1CCN(CCO)CC1. The van der Waals surface area contributed by atoms with Gasteiger partial charge in [0.25, 0.3) is 0 Å². The normalized spacial score (nSPS) is 26.8. The third-order valence-electron chi connectivity index (χ3n) is 7.54. The monoisotopic (exact) mass is 483 g/mol. The molecular weight excluding hydrogens is 449 g/mol. The minimum absolute atomic E-state index is 0.105. The van der Waals surface area contributed by atoms with Gasteiger partial charge < -0.3 is 31.5 Å². The van der Waals surface area contributed by atoms with E-state index in [1.54, 1.807) is 0 Å². The molecule has 1 aromatic heterocycles. The van der Waals surface area contributed by atoms with Crippen molar-refractivity contribution in [3.63, 3.8) is 0 Å². The maximum absolute atomic E-state index is 14.6. The molecule has 1 saturated heterocycles. The average Bonchev–Trinajstić information content (AvgIpc) is 3.44. The summed E-state index contributed by atoms with van der Waals surface area (Å²) in [5.74, 6) is 0.0557. The highest BCUT2D eigenvalue weighted by Gasteiger charge is 2.47. The molecule has 0 spiro atoms. The molecule has 9 nitrogen and oxygen atoms in total. The third-order valence-corrected chi connectivity index (χ3v) is 7.54. The van der Waals surface area contributed by atoms with E-state index in [1.807, 2.05) is 12.1 Å². The Morgan fingerprint density at radius 1 is 1.20 bits per heavy atom. The first-order valence-electron chi connectivity index (χ1n) is 12.3. The smallest absolute Gasteiger partial charge is 0.229 e. The van der Waals surface area contributed by atoms with E-state index in [1.165, 1.54) is 5.69 Å². The molecule has 2 aromatic rings. The highest BCUT2D eigenvalue weighted by molar-refractivity contribution is 5.64. The fourth-order valence-electron chi connectivity index (χ4n) is 5.79. The van der Waals surface area contributed by atoms with Crippen LogP contribution in [0.25, 0.3) is 0 Å². The number of rotatable bonds is 8. The van der Waals surface area contributed by atoms with E-state index in [0.717, 1.165) is 56.6 Å². The van der Waals surface area contributed by atoms with Gasteiger partial charge in [-0.25, -0.2) is 9.37 Å². The minimum Gasteiger partial charge on any atom is -0.395 e. The van der Waals surface area contributed by atoms with Gasteiger partial charge in [-0.1, -0.05) is 12.2 Å². The highest BCUT2D eigenvalue weighted by atomic mass is 19.1. The van der Waals surface area contributed by atoms with Crippen LogP contribution in [0.1, 0.15) is 12.0 Å². The molecule has 2 heterocycles. The van der Waals surface area contributed by atoms with E-state index < -0.39 is 12.0 Å². The molecule has 35 heavy (non-hydrogen) atoms. The third kappa shape index (κ3) is 4.97. The van der Waals surface area contributed by atoms with Crippen LogP contribution in [0.15, 0.2) is 36.5 Å². The fourth-order valence-corrected chi connectivity index (χ4v) is 5.79. The number of aliphatic hydroxyl groups excluding tert-OH is 2. The molecule has 2 bridgehead atoms. The summed E-state index contributed by atoms with van der Waals surface area (Å²) in [6.07, 6.45) is 5.27. The molecule has 5 rings (SSSR count). The number of fused-ring (bicyclic) bond motifs is 2. The Hall–Kier alpha value is -2.79. The van der Waals surface area contributed by atoms with Gasteiger partial charge in [-0.05, 0) is 48.9 Å². The average molecular weight is 484 g/mol. The van der Waals surface area contributed by atoms with Gasteiger partial charge in [0.2, 0.25) is 5.95 Å². The van der Waals surface area contributed by atoms with Gasteiger partial charge in [-0.3, -0.25) is 4.90 Å². The van der Waals surface area contributed by atoms with Crippen molar-refractivity contribution in [1.82, 2.24) is 14.9 Å². The first kappa shape index (κ1) is 23.9. The summed E-state index contributed by atoms with van der Waals surface area (Å²) in [5.41, 5.74) is 8.95. The number of halogens is 1. The summed E-state index contributed by atoms with van der Waals surface area (Å²) in [5, 5.41) is 25.6. The van der Waals surface area contributed by atoms with E-state index in [4.69, 9.17) is 10.8 Å². The lowest BCUT2D eigenvalue weighted by Gasteiger charge is -2.36. The maximum atomic E-state index is 14.6. The van der Waals surface area contributed by atoms with Crippen molar-refractivity contribution < 1.29 is 14.6 Å². The van der Waals surface area contributed by atoms with Crippen LogP contribution in [-0.2, 0) is 0 Å². The molecule has 3 aliphatic rings. The molecule has 5 unspecified atom stereocenters. The van der Waals surface area contributed by atoms with E-state index in [2.05, 4.69) is 55.5 Å². The van der Waals surface area contributed by atoms with Crippen molar-refractivity contribution >= 4 is 23.1 Å². The summed E-state index contributed by atoms with van der Waals surface area (Å²) in [6, 6.07) is 5.92. The maximum Gasteiger partial charge on any atom is 0.229 e. The van der Waals surface area contributed by atoms with Crippen molar-refractivity contribution in [2.24, 2.45) is 23.5 Å². The largest absolute Gasteiger partial charge is 0.395 e. The summed E-state index contributed by atoms with van der Waals surface area (Å²) in [6.45, 7) is 6.67. The van der Waals surface area contributed by atoms with E-state index in [-0.39, 0.29) is 36.2 Å². The van der Waals surface area contributed by atoms with Gasteiger partial charge in [0.05, 0.1) is 12.8 Å². The first-order valence-corrected chi connectivity index (χ1v) is 12.3. The molecule has 1 saturated carbocycles. The molecule has 1 aliphatic heterocycles. The Kier molecular flexibility index (Phi) is 6.88. The molecule has 0 radical (unpaired) electrons. The molecular formula is C25H34FN7O2. The molecule has 6 N–H and O–H groups in total. The summed E-state index contributed by atoms with van der Waals surface area (Å²) < 4.78 is 14.6. The Bertz CT molecular complexity index is 1070. The first-order chi connectivity index (χ1) is 16.9. The number of nitrogens with one attached hydrogen (secondary N) is 2. The molecule has 2 aliphatic carbocycles. The van der Waals surface area contributed by atoms with Crippen molar-refractivity contribution in [1.29, 1.82) is 0 Å². The zero-order valence-corrected chi connectivity index (χ0v) is 19.9. The number of piperazine rings is 1. The topological polar surface area (TPSA) is 123 Å². The van der Waals surface area contributed by atoms with Gasteiger partial charge in [-0.2, -0.15) is 4.98 Å². The minimum atomic E-state index is -0.978. The number of aromatic nitrogens is 2. The number of hydrogen-bond donors (Lipinski definition) is 5. The Morgan fingerprint density at radius 3 is 2.69 bits per heavy atom. The lowest BCUT2D eigenvalue weighted by Crippen LogP contribution is -2.47. The van der Waals surface area contributed by atoms with Crippen molar-refractivity contribution in [2.75, 3.05) is 54.9 Å². The lowest BCUT2D eigenvalue weighted by molar-refractivity contribution is 0.0934. The number of aryl methyl sites for hydroxylation is 1. The van der Waals surface area contributed by atoms with Gasteiger partial charge in [-0.15, -0.1) is 0 Å². The van der Waals surface area contributed by atoms with Crippen molar-refractivity contribution in [3.8, 4) is 0 Å². The molecule has 188 valence electrons. The lowest BCUT2D eigenvalue weighted by atomic mass is 9.87. The van der Waals surface area contributed by atoms with Crippen LogP contribution in [0.4, 0.5) is 27.5 Å². The van der Waals surface area contributed by atoms with Gasteiger partial charge in [0.1, 0.15) is 6.23 Å². The van der Waals surface area contributed by atoms with E-state index in [0.29, 0.717) is 5.95 Å². The Balaban J connectivity index is 1.27. The van der Waals surface area contributed by atoms with Crippen molar-refractivity contribution in [2.45, 2.75) is 25.6 Å². The summed E-state index contributed by atoms with van der Waals surface area (Å²) in [7, 11) is 0. The zero-order valence-electron chi connectivity index (χ0n) is 19.9. The number of nitrogens with zero attached hydrogens (tertiary/aromatic N) is 4. The standard InChI is InChI=1S/C25H34FN7O2/c1-15-12-18(4-5-20(15)33-8-6-32(7-9-33)10-11-34)29-25-28-14-19(26)24(31-25)30-22-17-3-2-16(13-17)21(22)23(27)35/h2-5,12,14,16-17,21-23,34-35H,6-11,13,27H2,1H3,(H2,28,29,30,31). The number of aliphatic hydroxyl groups is 2. The number of allylic oxidation sites excluding steroid dienone is 1. The van der Waals surface area contributed by atoms with Crippen LogP contribution in [-0.4, -0.2) is 76.7 Å². The number of nitrogens with two attached hydrogens (primary N) is 1. The number of hydrogen-bond acceptors (Lipinski definition) is 9. The van der Waals surface area contributed by atoms with E-state index in [9.17, 15) is 9.50 Å². The predicted molar refractivity (Wildman–Crippen MR) is 134 cm³/mol. The number of benzene rings is 1. The molecule has 5 atom stereocenters. The Labute approximate surface area is 204 Å². The van der Waals surface area contributed by atoms with Gasteiger partial charge in [0.15, 0.2) is 11.6 Å². The number of β-amino-alcohol motifs (C(OH)–C–C–N with tert-alkyl or cyclic N) is 1. The predicted octanol–water partition coefficient (Wildman–Crippen LogP) is 1.66. The second-order valence-electron chi connectivity index (χ2n) is 9.76. The highest BCUT2D eigenvalue weighted by Crippen LogP contribution is 2.45. The van der Waals surface area contributed by atoms with Gasteiger partial charge >= 0.3 is 0 Å². The fraction of sp³-hybridized carbons (Fsp3) is 0.520. The molecule has 10 heteroatoms. The quantitative estimate of drug-likeness (QED) is 0.282. The van der Waals surface area contributed by atoms with E-state index >= 15 is 0 Å². The van der Waals surface area contributed by atoms with Crippen LogP contribution in [0, 0.1) is 30.5 Å². The second-order valence-corrected chi connectivity index (χ2v) is 9.76. The van der Waals surface area contributed by atoms with Crippen LogP contribution in [0.5, 0.6) is 0 Å². The van der Waals surface area contributed by atoms with Crippen LogP contribution in [0.3, 0.4) is 0 Å². The van der Waals surface area contributed by atoms with Crippen LogP contribution < -0.4 is 21.3 Å². The van der Waals surface area contributed by atoms with Crippen LogP contribution in [0.2, 0.25) is 0 Å². The molecule has 0 amide bonds. The summed E-state index contributed by atoms with van der Waals surface area (Å²) >= 11 is 0. The zero-order chi connectivity index (χ0) is 24.5. The van der Waals surface area contributed by atoms with Crippen LogP contribution >= 0.6 is 0 Å². The molecule has 1 aromatic carbocycles. The number of anilines is 4. The van der Waals surface area contributed by atoms with Gasteiger partial charge in [0, 0.05) is 56.1 Å². The Morgan fingerprint density at radius 2 is 1.97 bits per heavy atom. The van der Waals surface area contributed by atoms with Crippen molar-refractivity contribution in [3.05, 3.63) is 47.9 Å². The summed E-state index contributed by atoms with van der Waals surface area (Å²) in [4.78, 5) is 13.1. The molecule has 2 fully saturated rings.